The Morgan fingerprint density at radius 2 is 1.44 bits per heavy atom. The summed E-state index contributed by atoms with van der Waals surface area (Å²) in [6.07, 6.45) is 0.302. The van der Waals surface area contributed by atoms with Crippen LogP contribution >= 0.6 is 0 Å². The van der Waals surface area contributed by atoms with E-state index in [2.05, 4.69) is 26.6 Å². The molecule has 1 aromatic rings. The topological polar surface area (TPSA) is 206 Å². The fourth-order valence-electron chi connectivity index (χ4n) is 4.32. The van der Waals surface area contributed by atoms with E-state index in [1.165, 1.54) is 11.9 Å². The van der Waals surface area contributed by atoms with E-state index >= 15 is 0 Å². The predicted molar refractivity (Wildman–Crippen MR) is 147 cm³/mol. The second-order valence-corrected chi connectivity index (χ2v) is 10.3. The highest BCUT2D eigenvalue weighted by Gasteiger charge is 2.36. The van der Waals surface area contributed by atoms with E-state index in [1.54, 1.807) is 30.3 Å². The minimum absolute atomic E-state index is 0.0563. The Balaban J connectivity index is 2.54. The number of benzene rings is 1. The molecule has 0 saturated carbocycles. The second kappa shape index (κ2) is 15.7. The molecule has 1 aliphatic rings. The van der Waals surface area contributed by atoms with Gasteiger partial charge in [0, 0.05) is 26.9 Å². The maximum Gasteiger partial charge on any atom is 0.245 e. The minimum Gasteiger partial charge on any atom is -0.394 e. The zero-order chi connectivity index (χ0) is 30.7. The van der Waals surface area contributed by atoms with Crippen molar-refractivity contribution in [2.75, 3.05) is 26.8 Å². The first-order valence-corrected chi connectivity index (χ1v) is 13.4. The van der Waals surface area contributed by atoms with Gasteiger partial charge in [0.1, 0.15) is 30.2 Å². The van der Waals surface area contributed by atoms with Gasteiger partial charge in [0.2, 0.25) is 35.4 Å². The number of carbonyl (C=O) groups is 6. The second-order valence-electron chi connectivity index (χ2n) is 10.3. The SMILES string of the molecule is CC(=O)N[C@H]1CNC(=O)[C@H](Cc2ccccc2)N(C)C(=O)[C@H](CC(C)C)NC(=O)[C@H](CO)NC(=O)[C@H](CO)NC1=O. The lowest BCUT2D eigenvalue weighted by Crippen LogP contribution is -2.62. The maximum absolute atomic E-state index is 13.7. The summed E-state index contributed by atoms with van der Waals surface area (Å²) in [5, 5.41) is 31.7. The summed E-state index contributed by atoms with van der Waals surface area (Å²) in [6, 6.07) is 2.38. The summed E-state index contributed by atoms with van der Waals surface area (Å²) in [4.78, 5) is 79.0. The van der Waals surface area contributed by atoms with Crippen molar-refractivity contribution in [2.45, 2.75) is 63.8 Å². The van der Waals surface area contributed by atoms with Crippen molar-refractivity contribution in [3.63, 3.8) is 0 Å². The summed E-state index contributed by atoms with van der Waals surface area (Å²) < 4.78 is 0. The van der Waals surface area contributed by atoms with Gasteiger partial charge in [0.15, 0.2) is 0 Å². The first-order chi connectivity index (χ1) is 19.4. The Morgan fingerprint density at radius 3 is 1.95 bits per heavy atom. The number of amides is 6. The van der Waals surface area contributed by atoms with Crippen LogP contribution in [-0.4, -0.2) is 108 Å². The Labute approximate surface area is 238 Å². The molecular formula is C27H40N6O8. The van der Waals surface area contributed by atoms with Gasteiger partial charge in [-0.2, -0.15) is 0 Å². The van der Waals surface area contributed by atoms with Gasteiger partial charge in [-0.15, -0.1) is 0 Å². The molecule has 14 nitrogen and oxygen atoms in total. The largest absolute Gasteiger partial charge is 0.394 e. The monoisotopic (exact) mass is 576 g/mol. The molecule has 0 spiro atoms. The van der Waals surface area contributed by atoms with Crippen LogP contribution in [0.15, 0.2) is 30.3 Å². The Kier molecular flexibility index (Phi) is 12.7. The third-order valence-corrected chi connectivity index (χ3v) is 6.52. The Hall–Kier alpha value is -4.04. The van der Waals surface area contributed by atoms with Crippen LogP contribution in [0.2, 0.25) is 0 Å². The predicted octanol–water partition coefficient (Wildman–Crippen LogP) is -2.82. The van der Waals surface area contributed by atoms with E-state index in [4.69, 9.17) is 0 Å². The van der Waals surface area contributed by atoms with Crippen LogP contribution in [0, 0.1) is 5.92 Å². The van der Waals surface area contributed by atoms with Crippen LogP contribution in [0.5, 0.6) is 0 Å². The van der Waals surface area contributed by atoms with Crippen LogP contribution in [0.4, 0.5) is 0 Å². The van der Waals surface area contributed by atoms with Gasteiger partial charge in [0.05, 0.1) is 13.2 Å². The number of nitrogens with one attached hydrogen (secondary N) is 5. The zero-order valence-electron chi connectivity index (χ0n) is 23.7. The molecule has 0 aromatic heterocycles. The quantitative estimate of drug-likeness (QED) is 0.180. The number of carbonyl (C=O) groups excluding carboxylic acids is 6. The number of hydrogen-bond donors (Lipinski definition) is 7. The molecule has 1 aromatic carbocycles. The number of aliphatic hydroxyl groups excluding tert-OH is 2. The molecule has 1 fully saturated rings. The first kappa shape index (κ1) is 33.2. The van der Waals surface area contributed by atoms with E-state index in [-0.39, 0.29) is 25.3 Å². The van der Waals surface area contributed by atoms with Gasteiger partial charge in [-0.05, 0) is 17.9 Å². The lowest BCUT2D eigenvalue weighted by Gasteiger charge is -2.33. The summed E-state index contributed by atoms with van der Waals surface area (Å²) >= 11 is 0. The molecule has 14 heteroatoms. The van der Waals surface area contributed by atoms with Gasteiger partial charge in [-0.1, -0.05) is 44.2 Å². The van der Waals surface area contributed by atoms with Crippen molar-refractivity contribution in [3.05, 3.63) is 35.9 Å². The van der Waals surface area contributed by atoms with Crippen molar-refractivity contribution in [3.8, 4) is 0 Å². The van der Waals surface area contributed by atoms with E-state index in [0.29, 0.717) is 0 Å². The lowest BCUT2D eigenvalue weighted by molar-refractivity contribution is -0.143. The minimum atomic E-state index is -1.55. The summed E-state index contributed by atoms with van der Waals surface area (Å²) in [6.45, 7) is 2.75. The maximum atomic E-state index is 13.7. The van der Waals surface area contributed by atoms with Gasteiger partial charge in [-0.25, -0.2) is 0 Å². The van der Waals surface area contributed by atoms with Gasteiger partial charge in [-0.3, -0.25) is 28.8 Å². The highest BCUT2D eigenvalue weighted by molar-refractivity contribution is 5.97. The first-order valence-electron chi connectivity index (χ1n) is 13.4. The smallest absolute Gasteiger partial charge is 0.245 e. The number of nitrogens with zero attached hydrogens (tertiary/aromatic N) is 1. The van der Waals surface area contributed by atoms with Crippen LogP contribution in [0.1, 0.15) is 32.8 Å². The fourth-order valence-corrected chi connectivity index (χ4v) is 4.32. The van der Waals surface area contributed by atoms with Crippen LogP contribution in [0.25, 0.3) is 0 Å². The van der Waals surface area contributed by atoms with E-state index in [1.807, 2.05) is 13.8 Å². The third-order valence-electron chi connectivity index (χ3n) is 6.52. The average molecular weight is 577 g/mol. The molecular weight excluding hydrogens is 536 g/mol. The van der Waals surface area contributed by atoms with Crippen LogP contribution < -0.4 is 26.6 Å². The summed E-state index contributed by atoms with van der Waals surface area (Å²) in [7, 11) is 1.42. The normalized spacial score (nSPS) is 25.2. The Bertz CT molecular complexity index is 1100. The van der Waals surface area contributed by atoms with Crippen molar-refractivity contribution in [1.29, 1.82) is 0 Å². The summed E-state index contributed by atoms with van der Waals surface area (Å²) in [5.74, 6) is -4.61. The molecule has 1 aliphatic heterocycles. The molecule has 226 valence electrons. The molecule has 7 N–H and O–H groups in total. The van der Waals surface area contributed by atoms with E-state index < -0.39 is 78.9 Å². The molecule has 6 amide bonds. The van der Waals surface area contributed by atoms with Crippen molar-refractivity contribution in [1.82, 2.24) is 31.5 Å². The fraction of sp³-hybridized carbons (Fsp3) is 0.556. The van der Waals surface area contributed by atoms with Gasteiger partial charge in [0.25, 0.3) is 0 Å². The van der Waals surface area contributed by atoms with Crippen LogP contribution in [0.3, 0.4) is 0 Å². The zero-order valence-corrected chi connectivity index (χ0v) is 23.7. The van der Waals surface area contributed by atoms with Crippen molar-refractivity contribution >= 4 is 35.4 Å². The molecule has 0 radical (unpaired) electrons. The number of likely N-dealkylation sites (N-methyl/N-ethyl adjacent to an activating group) is 1. The highest BCUT2D eigenvalue weighted by atomic mass is 16.3. The van der Waals surface area contributed by atoms with Crippen LogP contribution in [-0.2, 0) is 35.2 Å². The molecule has 5 atom stereocenters. The van der Waals surface area contributed by atoms with Gasteiger partial charge >= 0.3 is 0 Å². The number of rotatable bonds is 7. The lowest BCUT2D eigenvalue weighted by atomic mass is 9.99. The summed E-state index contributed by atoms with van der Waals surface area (Å²) in [5.41, 5.74) is 0.746. The molecule has 0 bridgehead atoms. The van der Waals surface area contributed by atoms with Gasteiger partial charge < -0.3 is 41.7 Å². The average Bonchev–Trinajstić information content (AvgIpc) is 2.93. The van der Waals surface area contributed by atoms with E-state index in [9.17, 15) is 39.0 Å². The standard InChI is InChI=1S/C27H40N6O8/c1-15(2)10-18-27(41)33(4)22(11-17-8-6-5-7-9-17)26(40)28-12-19(29-16(3)36)23(37)31-21(14-35)25(39)32-20(13-34)24(38)30-18/h5-9,15,18-22,34-35H,10-14H2,1-4H3,(H,28,40)(H,29,36)(H,30,38)(H,31,37)(H,32,39)/t18-,19-,20-,21-,22-/m0/s1. The molecule has 1 heterocycles. The van der Waals surface area contributed by atoms with Crippen molar-refractivity contribution in [2.24, 2.45) is 5.92 Å². The third kappa shape index (κ3) is 9.83. The number of aliphatic hydroxyl groups is 2. The van der Waals surface area contributed by atoms with E-state index in [0.717, 1.165) is 12.5 Å². The molecule has 0 aliphatic carbocycles. The Morgan fingerprint density at radius 1 is 0.902 bits per heavy atom. The molecule has 1 saturated heterocycles. The molecule has 2 rings (SSSR count). The highest BCUT2D eigenvalue weighted by Crippen LogP contribution is 2.14. The molecule has 41 heavy (non-hydrogen) atoms. The van der Waals surface area contributed by atoms with Crippen molar-refractivity contribution < 1.29 is 39.0 Å². The molecule has 0 unspecified atom stereocenters. The number of hydrogen-bond acceptors (Lipinski definition) is 8.